The molecule has 7 nitrogen and oxygen atoms in total. The van der Waals surface area contributed by atoms with Crippen LogP contribution in [-0.2, 0) is 10.0 Å². The first-order valence-corrected chi connectivity index (χ1v) is 9.36. The summed E-state index contributed by atoms with van der Waals surface area (Å²) in [5, 5.41) is 6.25. The van der Waals surface area contributed by atoms with Crippen molar-refractivity contribution >= 4 is 40.0 Å². The number of nitrogens with one attached hydrogen (secondary N) is 3. The summed E-state index contributed by atoms with van der Waals surface area (Å²) in [6.45, 7) is 8.53. The summed E-state index contributed by atoms with van der Waals surface area (Å²) in [5.74, 6) is 1.31. The zero-order valence-electron chi connectivity index (χ0n) is 14.4. The van der Waals surface area contributed by atoms with Crippen molar-refractivity contribution in [1.29, 1.82) is 0 Å². The van der Waals surface area contributed by atoms with Crippen LogP contribution in [0.2, 0.25) is 0 Å². The molecule has 0 radical (unpaired) electrons. The molecule has 1 heterocycles. The highest BCUT2D eigenvalue weighted by Gasteiger charge is 2.12. The summed E-state index contributed by atoms with van der Waals surface area (Å²) in [6.07, 6.45) is 3.88. The van der Waals surface area contributed by atoms with Crippen LogP contribution in [0.25, 0.3) is 0 Å². The van der Waals surface area contributed by atoms with Crippen LogP contribution in [0.1, 0.15) is 27.2 Å². The van der Waals surface area contributed by atoms with Gasteiger partial charge < -0.3 is 10.6 Å². The molecule has 0 fully saturated rings. The van der Waals surface area contributed by atoms with E-state index in [-0.39, 0.29) is 35.4 Å². The summed E-state index contributed by atoms with van der Waals surface area (Å²) >= 11 is 0. The highest BCUT2D eigenvalue weighted by Crippen LogP contribution is 2.04. The molecule has 0 saturated carbocycles. The Morgan fingerprint density at radius 3 is 2.62 bits per heavy atom. The average Bonchev–Trinajstić information content (AvgIpc) is 2.52. The third kappa shape index (κ3) is 9.38. The Morgan fingerprint density at radius 1 is 1.29 bits per heavy atom. The summed E-state index contributed by atoms with van der Waals surface area (Å²) in [5.41, 5.74) is 0. The predicted molar refractivity (Wildman–Crippen MR) is 108 cm³/mol. The Labute approximate surface area is 162 Å². The number of nitrogens with zero attached hydrogens (tertiary/aromatic N) is 2. The topological polar surface area (TPSA) is 95.5 Å². The summed E-state index contributed by atoms with van der Waals surface area (Å²) in [4.78, 5) is 8.43. The van der Waals surface area contributed by atoms with E-state index in [0.717, 1.165) is 19.5 Å². The molecule has 0 amide bonds. The minimum atomic E-state index is -3.51. The van der Waals surface area contributed by atoms with Gasteiger partial charge in [0.1, 0.15) is 4.90 Å². The number of halogens is 1. The van der Waals surface area contributed by atoms with Gasteiger partial charge in [-0.25, -0.2) is 13.1 Å². The zero-order chi connectivity index (χ0) is 17.1. The zero-order valence-corrected chi connectivity index (χ0v) is 17.6. The minimum Gasteiger partial charge on any atom is -0.357 e. The van der Waals surface area contributed by atoms with Gasteiger partial charge in [0.15, 0.2) is 5.96 Å². The van der Waals surface area contributed by atoms with Crippen molar-refractivity contribution in [2.24, 2.45) is 10.9 Å². The average molecular weight is 469 g/mol. The Hall–Kier alpha value is -0.940. The van der Waals surface area contributed by atoms with Crippen molar-refractivity contribution in [3.05, 3.63) is 24.5 Å². The molecule has 1 aromatic heterocycles. The van der Waals surface area contributed by atoms with Crippen molar-refractivity contribution in [2.45, 2.75) is 32.1 Å². The van der Waals surface area contributed by atoms with Gasteiger partial charge in [-0.15, -0.1) is 24.0 Å². The second kappa shape index (κ2) is 12.4. The molecule has 0 bridgehead atoms. The molecule has 24 heavy (non-hydrogen) atoms. The maximum atomic E-state index is 12.0. The number of hydrogen-bond donors (Lipinski definition) is 3. The maximum Gasteiger partial charge on any atom is 0.242 e. The third-order valence-corrected chi connectivity index (χ3v) is 4.42. The van der Waals surface area contributed by atoms with Crippen LogP contribution in [0.3, 0.4) is 0 Å². The maximum absolute atomic E-state index is 12.0. The Bertz CT molecular complexity index is 579. The van der Waals surface area contributed by atoms with Crippen LogP contribution < -0.4 is 15.4 Å². The first kappa shape index (κ1) is 23.1. The van der Waals surface area contributed by atoms with Crippen molar-refractivity contribution in [2.75, 3.05) is 26.2 Å². The molecule has 0 aliphatic heterocycles. The molecule has 1 aromatic rings. The number of aliphatic imine (C=N–C) groups is 1. The fourth-order valence-corrected chi connectivity index (χ4v) is 2.73. The predicted octanol–water partition coefficient (Wildman–Crippen LogP) is 1.58. The second-order valence-electron chi connectivity index (χ2n) is 5.46. The van der Waals surface area contributed by atoms with Crippen molar-refractivity contribution in [3.8, 4) is 0 Å². The largest absolute Gasteiger partial charge is 0.357 e. The van der Waals surface area contributed by atoms with Gasteiger partial charge >= 0.3 is 0 Å². The van der Waals surface area contributed by atoms with Gasteiger partial charge in [-0.3, -0.25) is 9.98 Å². The Kier molecular flexibility index (Phi) is 11.9. The fraction of sp³-hybridized carbons (Fsp3) is 0.600. The lowest BCUT2D eigenvalue weighted by Crippen LogP contribution is -2.41. The molecule has 9 heteroatoms. The first-order chi connectivity index (χ1) is 11.0. The molecule has 1 rings (SSSR count). The molecule has 138 valence electrons. The van der Waals surface area contributed by atoms with Gasteiger partial charge in [-0.2, -0.15) is 0 Å². The molecule has 0 aliphatic carbocycles. The molecule has 0 spiro atoms. The van der Waals surface area contributed by atoms with E-state index in [2.05, 4.69) is 39.2 Å². The Balaban J connectivity index is 0.00000529. The minimum absolute atomic E-state index is 0. The number of pyridine rings is 1. The summed E-state index contributed by atoms with van der Waals surface area (Å²) in [6, 6.07) is 3.11. The normalized spacial score (nSPS) is 11.9. The summed E-state index contributed by atoms with van der Waals surface area (Å²) < 4.78 is 26.6. The molecule has 0 aliphatic rings. The van der Waals surface area contributed by atoms with E-state index in [4.69, 9.17) is 0 Å². The van der Waals surface area contributed by atoms with Crippen LogP contribution >= 0.6 is 24.0 Å². The van der Waals surface area contributed by atoms with Crippen molar-refractivity contribution in [1.82, 2.24) is 20.3 Å². The summed E-state index contributed by atoms with van der Waals surface area (Å²) in [7, 11) is -3.51. The monoisotopic (exact) mass is 469 g/mol. The quantitative estimate of drug-likeness (QED) is 0.221. The van der Waals surface area contributed by atoms with Crippen molar-refractivity contribution < 1.29 is 8.42 Å². The lowest BCUT2D eigenvalue weighted by molar-refractivity contribution is 0.579. The number of hydrogen-bond acceptors (Lipinski definition) is 4. The van der Waals surface area contributed by atoms with E-state index >= 15 is 0 Å². The highest BCUT2D eigenvalue weighted by atomic mass is 127. The SMILES string of the molecule is CCNC(=NCCC(C)C)NCCNS(=O)(=O)c1cccnc1.I. The van der Waals surface area contributed by atoms with E-state index in [9.17, 15) is 8.42 Å². The lowest BCUT2D eigenvalue weighted by Gasteiger charge is -2.12. The van der Waals surface area contributed by atoms with Crippen molar-refractivity contribution in [3.63, 3.8) is 0 Å². The van der Waals surface area contributed by atoms with Gasteiger partial charge in [0, 0.05) is 38.6 Å². The molecule has 0 unspecified atom stereocenters. The molecular formula is C15H28IN5O2S. The molecule has 0 saturated heterocycles. The van der Waals surface area contributed by atoms with Crippen LogP contribution in [0.5, 0.6) is 0 Å². The highest BCUT2D eigenvalue weighted by molar-refractivity contribution is 14.0. The molecular weight excluding hydrogens is 441 g/mol. The van der Waals surface area contributed by atoms with E-state index in [1.54, 1.807) is 6.07 Å². The number of aromatic nitrogens is 1. The van der Waals surface area contributed by atoms with E-state index in [1.165, 1.54) is 18.5 Å². The smallest absolute Gasteiger partial charge is 0.242 e. The number of guanidine groups is 1. The standard InChI is InChI=1S/C15H27N5O2S.HI/c1-4-17-15(18-9-7-13(2)3)19-10-11-20-23(21,22)14-6-5-8-16-12-14;/h5-6,8,12-13,20H,4,7,9-11H2,1-3H3,(H2,17,18,19);1H. The van der Waals surface area contributed by atoms with Crippen LogP contribution in [0.15, 0.2) is 34.4 Å². The van der Waals surface area contributed by atoms with Gasteiger partial charge in [0.25, 0.3) is 0 Å². The molecule has 0 atom stereocenters. The van der Waals surface area contributed by atoms with Crippen LogP contribution in [0.4, 0.5) is 0 Å². The Morgan fingerprint density at radius 2 is 2.04 bits per heavy atom. The first-order valence-electron chi connectivity index (χ1n) is 7.87. The number of rotatable bonds is 9. The second-order valence-corrected chi connectivity index (χ2v) is 7.22. The fourth-order valence-electron chi connectivity index (χ4n) is 1.73. The van der Waals surface area contributed by atoms with Gasteiger partial charge in [-0.1, -0.05) is 13.8 Å². The molecule has 3 N–H and O–H groups in total. The van der Waals surface area contributed by atoms with Gasteiger partial charge in [0.2, 0.25) is 10.0 Å². The third-order valence-electron chi connectivity index (χ3n) is 2.97. The van der Waals surface area contributed by atoms with E-state index in [1.807, 2.05) is 6.92 Å². The van der Waals surface area contributed by atoms with Gasteiger partial charge in [0.05, 0.1) is 0 Å². The van der Waals surface area contributed by atoms with E-state index in [0.29, 0.717) is 18.4 Å². The van der Waals surface area contributed by atoms with Gasteiger partial charge in [-0.05, 0) is 31.4 Å². The van der Waals surface area contributed by atoms with E-state index < -0.39 is 10.0 Å². The lowest BCUT2D eigenvalue weighted by atomic mass is 10.1. The number of sulfonamides is 1. The van der Waals surface area contributed by atoms with Crippen LogP contribution in [-0.4, -0.2) is 45.5 Å². The van der Waals surface area contributed by atoms with Crippen LogP contribution in [0, 0.1) is 5.92 Å². The molecule has 0 aromatic carbocycles.